The minimum Gasteiger partial charge on any atom is -0.346 e. The maximum atomic E-state index is 10.9. The van der Waals surface area contributed by atoms with E-state index in [0.29, 0.717) is 6.54 Å². The molecule has 3 nitrogen and oxygen atoms in total. The first-order chi connectivity index (χ1) is 6.20. The van der Waals surface area contributed by atoms with Crippen LogP contribution in [-0.2, 0) is 11.3 Å². The van der Waals surface area contributed by atoms with Crippen LogP contribution in [0.15, 0.2) is 30.3 Å². The highest BCUT2D eigenvalue weighted by Crippen LogP contribution is 1.97. The van der Waals surface area contributed by atoms with Gasteiger partial charge in [0.25, 0.3) is 5.91 Å². The molecule has 1 aromatic rings. The van der Waals surface area contributed by atoms with E-state index in [0.717, 1.165) is 5.56 Å². The molecule has 0 heterocycles. The number of benzene rings is 1. The van der Waals surface area contributed by atoms with Gasteiger partial charge in [0.1, 0.15) is 5.04 Å². The molecule has 1 rings (SSSR count). The molecule has 2 N–H and O–H groups in total. The van der Waals surface area contributed by atoms with Gasteiger partial charge in [-0.15, -0.1) is 12.6 Å². The van der Waals surface area contributed by atoms with Crippen LogP contribution in [0.25, 0.3) is 0 Å². The fraction of sp³-hybridized carbons (Fsp3) is 0.111. The molecule has 1 aromatic carbocycles. The molecule has 0 bridgehead atoms. The van der Waals surface area contributed by atoms with E-state index in [1.54, 1.807) is 0 Å². The van der Waals surface area contributed by atoms with E-state index in [2.05, 4.69) is 17.9 Å². The number of amides is 1. The largest absolute Gasteiger partial charge is 0.346 e. The van der Waals surface area contributed by atoms with Gasteiger partial charge in [-0.2, -0.15) is 0 Å². The molecule has 0 atom stereocenters. The van der Waals surface area contributed by atoms with Crippen molar-refractivity contribution < 1.29 is 4.79 Å². The maximum absolute atomic E-state index is 10.9. The van der Waals surface area contributed by atoms with Crippen LogP contribution in [0, 0.1) is 5.41 Å². The monoisotopic (exact) mass is 194 g/mol. The fourth-order valence-corrected chi connectivity index (χ4v) is 0.941. The van der Waals surface area contributed by atoms with Gasteiger partial charge < -0.3 is 5.32 Å². The van der Waals surface area contributed by atoms with E-state index in [4.69, 9.17) is 5.41 Å². The topological polar surface area (TPSA) is 53.0 Å². The van der Waals surface area contributed by atoms with E-state index in [1.807, 2.05) is 30.3 Å². The molecule has 4 heteroatoms. The van der Waals surface area contributed by atoms with Crippen molar-refractivity contribution >= 4 is 23.6 Å². The molecule has 0 saturated carbocycles. The summed E-state index contributed by atoms with van der Waals surface area (Å²) in [5.41, 5.74) is 1.01. The normalized spacial score (nSPS) is 9.31. The molecular weight excluding hydrogens is 184 g/mol. The number of hydrogen-bond donors (Lipinski definition) is 3. The Morgan fingerprint density at radius 1 is 1.38 bits per heavy atom. The van der Waals surface area contributed by atoms with Crippen molar-refractivity contribution in [3.05, 3.63) is 35.9 Å². The Kier molecular flexibility index (Phi) is 3.52. The third-order valence-electron chi connectivity index (χ3n) is 1.51. The average molecular weight is 194 g/mol. The molecule has 0 aromatic heterocycles. The fourth-order valence-electron chi connectivity index (χ4n) is 0.862. The molecular formula is C9H10N2OS. The molecule has 0 aliphatic heterocycles. The van der Waals surface area contributed by atoms with Crippen LogP contribution in [0.2, 0.25) is 0 Å². The molecule has 0 aliphatic rings. The van der Waals surface area contributed by atoms with Gasteiger partial charge >= 0.3 is 0 Å². The number of rotatable bonds is 3. The van der Waals surface area contributed by atoms with Crippen LogP contribution in [0.4, 0.5) is 0 Å². The first-order valence-electron chi connectivity index (χ1n) is 3.80. The Bertz CT molecular complexity index is 311. The van der Waals surface area contributed by atoms with Gasteiger partial charge in [0.2, 0.25) is 0 Å². The predicted octanol–water partition coefficient (Wildman–Crippen LogP) is 1.21. The van der Waals surface area contributed by atoms with Crippen molar-refractivity contribution in [1.29, 1.82) is 5.41 Å². The predicted molar refractivity (Wildman–Crippen MR) is 55.0 cm³/mol. The van der Waals surface area contributed by atoms with Crippen LogP contribution in [0.3, 0.4) is 0 Å². The lowest BCUT2D eigenvalue weighted by atomic mass is 10.2. The number of nitrogens with one attached hydrogen (secondary N) is 2. The van der Waals surface area contributed by atoms with Gasteiger partial charge in [-0.25, -0.2) is 0 Å². The SMILES string of the molecule is N=C(S)C(=O)NCc1ccccc1. The van der Waals surface area contributed by atoms with Gasteiger partial charge in [-0.1, -0.05) is 30.3 Å². The third-order valence-corrected chi connectivity index (χ3v) is 1.71. The Morgan fingerprint density at radius 3 is 2.54 bits per heavy atom. The lowest BCUT2D eigenvalue weighted by Gasteiger charge is -2.02. The first-order valence-corrected chi connectivity index (χ1v) is 4.24. The summed E-state index contributed by atoms with van der Waals surface area (Å²) in [6.07, 6.45) is 0. The van der Waals surface area contributed by atoms with Crippen molar-refractivity contribution in [3.8, 4) is 0 Å². The zero-order valence-corrected chi connectivity index (χ0v) is 7.84. The van der Waals surface area contributed by atoms with E-state index in [9.17, 15) is 4.79 Å². The van der Waals surface area contributed by atoms with Gasteiger partial charge in [-0.05, 0) is 5.56 Å². The molecule has 0 radical (unpaired) electrons. The highest BCUT2D eigenvalue weighted by molar-refractivity contribution is 7.99. The van der Waals surface area contributed by atoms with Gasteiger partial charge in [-0.3, -0.25) is 10.2 Å². The van der Waals surface area contributed by atoms with Crippen LogP contribution >= 0.6 is 12.6 Å². The Morgan fingerprint density at radius 2 is 2.00 bits per heavy atom. The summed E-state index contributed by atoms with van der Waals surface area (Å²) in [5.74, 6) is -0.452. The van der Waals surface area contributed by atoms with Crippen LogP contribution < -0.4 is 5.32 Å². The number of carbonyl (C=O) groups excluding carboxylic acids is 1. The Balaban J connectivity index is 2.44. The molecule has 0 unspecified atom stereocenters. The summed E-state index contributed by atoms with van der Waals surface area (Å²) in [5, 5.41) is 9.21. The molecule has 0 aliphatic carbocycles. The summed E-state index contributed by atoms with van der Waals surface area (Å²) in [6, 6.07) is 9.51. The lowest BCUT2D eigenvalue weighted by Crippen LogP contribution is -2.27. The lowest BCUT2D eigenvalue weighted by molar-refractivity contribution is -0.114. The molecule has 13 heavy (non-hydrogen) atoms. The molecule has 0 saturated heterocycles. The van der Waals surface area contributed by atoms with E-state index < -0.39 is 5.91 Å². The molecule has 0 fully saturated rings. The Hall–Kier alpha value is -1.29. The van der Waals surface area contributed by atoms with Crippen molar-refractivity contribution in [2.75, 3.05) is 0 Å². The summed E-state index contributed by atoms with van der Waals surface area (Å²) in [7, 11) is 0. The van der Waals surface area contributed by atoms with Crippen molar-refractivity contribution in [2.24, 2.45) is 0 Å². The molecule has 1 amide bonds. The number of thiol groups is 1. The van der Waals surface area contributed by atoms with Gasteiger partial charge in [0.15, 0.2) is 0 Å². The highest BCUT2D eigenvalue weighted by atomic mass is 32.1. The summed E-state index contributed by atoms with van der Waals surface area (Å²) >= 11 is 3.61. The third kappa shape index (κ3) is 3.29. The van der Waals surface area contributed by atoms with Crippen LogP contribution in [-0.4, -0.2) is 11.0 Å². The van der Waals surface area contributed by atoms with E-state index in [1.165, 1.54) is 0 Å². The highest BCUT2D eigenvalue weighted by Gasteiger charge is 2.02. The van der Waals surface area contributed by atoms with Crippen molar-refractivity contribution in [2.45, 2.75) is 6.54 Å². The standard InChI is InChI=1S/C9H10N2OS/c10-8(13)9(12)11-6-7-4-2-1-3-5-7/h1-5H,6H2,(H2,10,13)(H,11,12). The van der Waals surface area contributed by atoms with Gasteiger partial charge in [0.05, 0.1) is 0 Å². The van der Waals surface area contributed by atoms with Crippen LogP contribution in [0.5, 0.6) is 0 Å². The maximum Gasteiger partial charge on any atom is 0.275 e. The minimum atomic E-state index is -0.452. The molecule has 0 spiro atoms. The van der Waals surface area contributed by atoms with E-state index >= 15 is 0 Å². The zero-order chi connectivity index (χ0) is 9.68. The average Bonchev–Trinajstić information content (AvgIpc) is 2.15. The van der Waals surface area contributed by atoms with Crippen molar-refractivity contribution in [3.63, 3.8) is 0 Å². The second-order valence-electron chi connectivity index (χ2n) is 2.52. The van der Waals surface area contributed by atoms with Crippen LogP contribution in [0.1, 0.15) is 5.56 Å². The zero-order valence-electron chi connectivity index (χ0n) is 6.95. The Labute approximate surface area is 82.1 Å². The number of hydrogen-bond acceptors (Lipinski definition) is 2. The molecule has 68 valence electrons. The van der Waals surface area contributed by atoms with Gasteiger partial charge in [0, 0.05) is 6.54 Å². The quantitative estimate of drug-likeness (QED) is 0.378. The first kappa shape index (κ1) is 9.80. The second kappa shape index (κ2) is 4.67. The number of carbonyl (C=O) groups is 1. The summed E-state index contributed by atoms with van der Waals surface area (Å²) in [6.45, 7) is 0.433. The smallest absolute Gasteiger partial charge is 0.275 e. The summed E-state index contributed by atoms with van der Waals surface area (Å²) in [4.78, 5) is 10.9. The van der Waals surface area contributed by atoms with E-state index in [-0.39, 0.29) is 5.04 Å². The minimum absolute atomic E-state index is 0.268. The van der Waals surface area contributed by atoms with Crippen molar-refractivity contribution in [1.82, 2.24) is 5.32 Å². The summed E-state index contributed by atoms with van der Waals surface area (Å²) < 4.78 is 0. The second-order valence-corrected chi connectivity index (χ2v) is 2.96.